The minimum Gasteiger partial charge on any atom is -0.497 e. The van der Waals surface area contributed by atoms with Gasteiger partial charge in [-0.2, -0.15) is 0 Å². The highest BCUT2D eigenvalue weighted by Gasteiger charge is 2.31. The number of anilines is 1. The van der Waals surface area contributed by atoms with E-state index in [0.29, 0.717) is 12.0 Å². The second-order valence-electron chi connectivity index (χ2n) is 6.10. The largest absolute Gasteiger partial charge is 0.497 e. The van der Waals surface area contributed by atoms with E-state index in [-0.39, 0.29) is 0 Å². The molecule has 0 bridgehead atoms. The number of pyridine rings is 1. The molecule has 0 amide bonds. The first kappa shape index (κ1) is 14.2. The van der Waals surface area contributed by atoms with Gasteiger partial charge in [-0.1, -0.05) is 26.3 Å². The molecule has 1 N–H and O–H groups in total. The Morgan fingerprint density at radius 1 is 1.29 bits per heavy atom. The Morgan fingerprint density at radius 3 is 2.86 bits per heavy atom. The summed E-state index contributed by atoms with van der Waals surface area (Å²) in [6.07, 6.45) is 5.72. The fourth-order valence-electron chi connectivity index (χ4n) is 3.59. The molecule has 3 atom stereocenters. The summed E-state index contributed by atoms with van der Waals surface area (Å²) in [5.74, 6) is 3.41. The van der Waals surface area contributed by atoms with Crippen LogP contribution in [0.15, 0.2) is 30.5 Å². The van der Waals surface area contributed by atoms with Gasteiger partial charge in [-0.05, 0) is 48.3 Å². The molecule has 2 aromatic rings. The third-order valence-corrected chi connectivity index (χ3v) is 5.05. The molecule has 21 heavy (non-hydrogen) atoms. The molecule has 1 aliphatic carbocycles. The van der Waals surface area contributed by atoms with Crippen molar-refractivity contribution in [2.45, 2.75) is 39.2 Å². The fourth-order valence-corrected chi connectivity index (χ4v) is 3.59. The van der Waals surface area contributed by atoms with Crippen LogP contribution in [0, 0.1) is 11.8 Å². The van der Waals surface area contributed by atoms with E-state index in [9.17, 15) is 0 Å². The van der Waals surface area contributed by atoms with Gasteiger partial charge in [0.2, 0.25) is 0 Å². The molecular formula is C18H24N2O. The van der Waals surface area contributed by atoms with Gasteiger partial charge in [-0.25, -0.2) is 4.98 Å². The molecule has 3 unspecified atom stereocenters. The van der Waals surface area contributed by atoms with Crippen LogP contribution in [0.4, 0.5) is 5.82 Å². The van der Waals surface area contributed by atoms with Crippen LogP contribution in [0.1, 0.15) is 33.1 Å². The third kappa shape index (κ3) is 2.69. The highest BCUT2D eigenvalue weighted by atomic mass is 16.5. The van der Waals surface area contributed by atoms with Crippen molar-refractivity contribution in [3.05, 3.63) is 30.5 Å². The number of nitrogens with zero attached hydrogens (tertiary/aromatic N) is 1. The van der Waals surface area contributed by atoms with Crippen LogP contribution in [0.2, 0.25) is 0 Å². The topological polar surface area (TPSA) is 34.2 Å². The molecule has 0 spiro atoms. The summed E-state index contributed by atoms with van der Waals surface area (Å²) >= 11 is 0. The van der Waals surface area contributed by atoms with E-state index in [1.165, 1.54) is 24.6 Å². The Bertz CT molecular complexity index is 626. The van der Waals surface area contributed by atoms with Crippen molar-refractivity contribution in [1.82, 2.24) is 4.98 Å². The summed E-state index contributed by atoms with van der Waals surface area (Å²) in [7, 11) is 1.70. The number of nitrogens with one attached hydrogen (secondary N) is 1. The van der Waals surface area contributed by atoms with Crippen molar-refractivity contribution in [2.24, 2.45) is 11.8 Å². The van der Waals surface area contributed by atoms with Crippen molar-refractivity contribution in [3.63, 3.8) is 0 Å². The summed E-state index contributed by atoms with van der Waals surface area (Å²) < 4.78 is 5.35. The molecule has 3 heteroatoms. The number of ether oxygens (including phenoxy) is 1. The Hall–Kier alpha value is -1.77. The summed E-state index contributed by atoms with van der Waals surface area (Å²) in [5, 5.41) is 6.03. The van der Waals surface area contributed by atoms with Crippen molar-refractivity contribution in [2.75, 3.05) is 12.4 Å². The molecule has 1 aromatic heterocycles. The van der Waals surface area contributed by atoms with Crippen LogP contribution in [0.25, 0.3) is 10.8 Å². The third-order valence-electron chi connectivity index (χ3n) is 5.05. The molecule has 3 nitrogen and oxygen atoms in total. The Morgan fingerprint density at radius 2 is 2.14 bits per heavy atom. The van der Waals surface area contributed by atoms with Crippen molar-refractivity contribution in [1.29, 1.82) is 0 Å². The van der Waals surface area contributed by atoms with Gasteiger partial charge in [0.05, 0.1) is 7.11 Å². The van der Waals surface area contributed by atoms with Crippen molar-refractivity contribution >= 4 is 16.6 Å². The second-order valence-corrected chi connectivity index (χ2v) is 6.10. The molecule has 0 saturated heterocycles. The molecule has 1 aromatic carbocycles. The monoisotopic (exact) mass is 284 g/mol. The SMILES string of the molecule is CCC1CCC(Nc2nccc3ccc(OC)cc23)C1C. The van der Waals surface area contributed by atoms with Crippen molar-refractivity contribution < 1.29 is 4.74 Å². The minimum absolute atomic E-state index is 0.527. The number of hydrogen-bond donors (Lipinski definition) is 1. The summed E-state index contributed by atoms with van der Waals surface area (Å²) in [5.41, 5.74) is 0. The summed E-state index contributed by atoms with van der Waals surface area (Å²) in [4.78, 5) is 4.56. The van der Waals surface area contributed by atoms with Crippen LogP contribution in [-0.2, 0) is 0 Å². The van der Waals surface area contributed by atoms with Crippen LogP contribution in [0.3, 0.4) is 0 Å². The maximum absolute atomic E-state index is 5.35. The Kier molecular flexibility index (Phi) is 4.00. The van der Waals surface area contributed by atoms with E-state index in [1.807, 2.05) is 18.3 Å². The average Bonchev–Trinajstić information content (AvgIpc) is 2.87. The first-order valence-electron chi connectivity index (χ1n) is 7.92. The van der Waals surface area contributed by atoms with Gasteiger partial charge in [0, 0.05) is 17.6 Å². The van der Waals surface area contributed by atoms with Gasteiger partial charge in [0.15, 0.2) is 0 Å². The van der Waals surface area contributed by atoms with E-state index in [2.05, 4.69) is 36.3 Å². The predicted molar refractivity (Wildman–Crippen MR) is 87.9 cm³/mol. The number of fused-ring (bicyclic) bond motifs is 1. The van der Waals surface area contributed by atoms with Crippen LogP contribution >= 0.6 is 0 Å². The summed E-state index contributed by atoms with van der Waals surface area (Å²) in [6.45, 7) is 4.66. The lowest BCUT2D eigenvalue weighted by Gasteiger charge is -2.22. The standard InChI is InChI=1S/C18H24N2O/c1-4-13-6-8-17(12(13)2)20-18-16-11-15(21-3)7-5-14(16)9-10-19-18/h5,7,9-13,17H,4,6,8H2,1-3H3,(H,19,20). The minimum atomic E-state index is 0.527. The molecule has 1 aliphatic rings. The normalized spacial score (nSPS) is 25.2. The van der Waals surface area contributed by atoms with Crippen LogP contribution in [-0.4, -0.2) is 18.1 Å². The number of methoxy groups -OCH3 is 1. The zero-order chi connectivity index (χ0) is 14.8. The van der Waals surface area contributed by atoms with Crippen LogP contribution in [0.5, 0.6) is 5.75 Å². The average molecular weight is 284 g/mol. The maximum atomic E-state index is 5.35. The fraction of sp³-hybridized carbons (Fsp3) is 0.500. The lowest BCUT2D eigenvalue weighted by Crippen LogP contribution is -2.25. The first-order chi connectivity index (χ1) is 10.2. The van der Waals surface area contributed by atoms with E-state index >= 15 is 0 Å². The van der Waals surface area contributed by atoms with Crippen molar-refractivity contribution in [3.8, 4) is 5.75 Å². The van der Waals surface area contributed by atoms with Gasteiger partial charge in [-0.15, -0.1) is 0 Å². The zero-order valence-electron chi connectivity index (χ0n) is 13.1. The predicted octanol–water partition coefficient (Wildman–Crippen LogP) is 4.48. The zero-order valence-corrected chi connectivity index (χ0v) is 13.1. The molecule has 1 fully saturated rings. The van der Waals surface area contributed by atoms with E-state index in [0.717, 1.165) is 22.9 Å². The van der Waals surface area contributed by atoms with E-state index in [4.69, 9.17) is 4.74 Å². The van der Waals surface area contributed by atoms with Gasteiger partial charge >= 0.3 is 0 Å². The van der Waals surface area contributed by atoms with Gasteiger partial charge in [0.1, 0.15) is 11.6 Å². The number of benzene rings is 1. The maximum Gasteiger partial charge on any atom is 0.134 e. The van der Waals surface area contributed by atoms with Gasteiger partial charge in [0.25, 0.3) is 0 Å². The first-order valence-corrected chi connectivity index (χ1v) is 7.92. The number of aromatic nitrogens is 1. The molecule has 0 radical (unpaired) electrons. The number of hydrogen-bond acceptors (Lipinski definition) is 3. The van der Waals surface area contributed by atoms with Crippen LogP contribution < -0.4 is 10.1 Å². The smallest absolute Gasteiger partial charge is 0.134 e. The lowest BCUT2D eigenvalue weighted by atomic mass is 9.93. The van der Waals surface area contributed by atoms with E-state index in [1.54, 1.807) is 7.11 Å². The molecule has 3 rings (SSSR count). The summed E-state index contributed by atoms with van der Waals surface area (Å²) in [6, 6.07) is 8.74. The molecular weight excluding hydrogens is 260 g/mol. The lowest BCUT2D eigenvalue weighted by molar-refractivity contribution is 0.391. The Balaban J connectivity index is 1.90. The van der Waals surface area contributed by atoms with E-state index < -0.39 is 0 Å². The highest BCUT2D eigenvalue weighted by molar-refractivity contribution is 5.92. The van der Waals surface area contributed by atoms with Gasteiger partial charge in [-0.3, -0.25) is 0 Å². The quantitative estimate of drug-likeness (QED) is 0.898. The highest BCUT2D eigenvalue weighted by Crippen LogP contribution is 2.36. The molecule has 1 heterocycles. The molecule has 1 saturated carbocycles. The number of rotatable bonds is 4. The second kappa shape index (κ2) is 5.92. The van der Waals surface area contributed by atoms with Gasteiger partial charge < -0.3 is 10.1 Å². The molecule has 112 valence electrons. The molecule has 0 aliphatic heterocycles. The Labute approximate surface area is 126 Å².